The van der Waals surface area contributed by atoms with Crippen LogP contribution in [0.5, 0.6) is 5.75 Å². The largest absolute Gasteiger partial charge is 0.491 e. The molecule has 6 heteroatoms. The van der Waals surface area contributed by atoms with Crippen LogP contribution in [0.4, 0.5) is 5.69 Å². The van der Waals surface area contributed by atoms with E-state index in [9.17, 15) is 0 Å². The molecule has 0 bridgehead atoms. The van der Waals surface area contributed by atoms with E-state index in [4.69, 9.17) is 16.3 Å². The molecule has 19 heavy (non-hydrogen) atoms. The summed E-state index contributed by atoms with van der Waals surface area (Å²) in [7, 11) is 2.79. The van der Waals surface area contributed by atoms with Gasteiger partial charge < -0.3 is 4.74 Å². The fraction of sp³-hybridized carbons (Fsp3) is 0.385. The van der Waals surface area contributed by atoms with Gasteiger partial charge in [0, 0.05) is 10.5 Å². The van der Waals surface area contributed by atoms with Crippen LogP contribution in [-0.2, 0) is 0 Å². The van der Waals surface area contributed by atoms with E-state index in [0.717, 1.165) is 16.1 Å². The number of nitrogens with zero attached hydrogens (tertiary/aromatic N) is 2. The summed E-state index contributed by atoms with van der Waals surface area (Å²) in [6, 6.07) is 7.71. The first kappa shape index (κ1) is 14.5. The van der Waals surface area contributed by atoms with E-state index < -0.39 is 0 Å². The van der Waals surface area contributed by atoms with Gasteiger partial charge >= 0.3 is 0 Å². The van der Waals surface area contributed by atoms with E-state index in [0.29, 0.717) is 11.8 Å². The molecule has 3 nitrogen and oxygen atoms in total. The topological polar surface area (TPSA) is 34.5 Å². The summed E-state index contributed by atoms with van der Waals surface area (Å²) in [5.74, 6) is 0.770. The van der Waals surface area contributed by atoms with Gasteiger partial charge in [0.2, 0.25) is 0 Å². The molecule has 0 spiro atoms. The molecule has 2 aromatic rings. The molecule has 0 aliphatic carbocycles. The number of aromatic nitrogens is 1. The van der Waals surface area contributed by atoms with Gasteiger partial charge in [-0.3, -0.25) is 0 Å². The normalized spacial score (nSPS) is 12.7. The van der Waals surface area contributed by atoms with Crippen LogP contribution >= 0.6 is 32.5 Å². The van der Waals surface area contributed by atoms with Gasteiger partial charge in [-0.15, -0.1) is 0 Å². The maximum atomic E-state index is 5.97. The Labute approximate surface area is 125 Å². The van der Waals surface area contributed by atoms with Crippen LogP contribution in [0.15, 0.2) is 29.3 Å². The molecule has 1 aromatic carbocycles. The third kappa shape index (κ3) is 4.30. The Kier molecular flexibility index (Phi) is 4.60. The number of benzene rings is 1. The van der Waals surface area contributed by atoms with Gasteiger partial charge in [-0.25, -0.2) is 4.99 Å². The van der Waals surface area contributed by atoms with Gasteiger partial charge in [0.05, 0.1) is 6.61 Å². The standard InChI is InChI=1S/C13H15ClN2OS2/c1-13(2,3)8-17-10-7-5-4-6-9(10)15-12-11(14)16-19-18-12/h4-7H,8H2,1-3H3. The van der Waals surface area contributed by atoms with Crippen molar-refractivity contribution in [2.45, 2.75) is 20.8 Å². The number of halogens is 1. The van der Waals surface area contributed by atoms with E-state index in [1.54, 1.807) is 0 Å². The maximum Gasteiger partial charge on any atom is 0.179 e. The van der Waals surface area contributed by atoms with Crippen molar-refractivity contribution in [2.24, 2.45) is 10.4 Å². The molecule has 102 valence electrons. The minimum atomic E-state index is 0.108. The monoisotopic (exact) mass is 314 g/mol. The number of hydrogen-bond acceptors (Lipinski definition) is 5. The van der Waals surface area contributed by atoms with Crippen molar-refractivity contribution in [3.05, 3.63) is 34.1 Å². The summed E-state index contributed by atoms with van der Waals surface area (Å²) in [4.78, 5) is 4.51. The van der Waals surface area contributed by atoms with E-state index >= 15 is 0 Å². The zero-order chi connectivity index (χ0) is 13.9. The average molecular weight is 315 g/mol. The summed E-state index contributed by atoms with van der Waals surface area (Å²) in [6.07, 6.45) is 0. The highest BCUT2D eigenvalue weighted by molar-refractivity contribution is 7.66. The van der Waals surface area contributed by atoms with Crippen LogP contribution in [0.2, 0.25) is 5.15 Å². The fourth-order valence-corrected chi connectivity index (χ4v) is 3.28. The van der Waals surface area contributed by atoms with E-state index in [-0.39, 0.29) is 5.41 Å². The molecular formula is C13H15ClN2OS2. The number of hydrogen-bond donors (Lipinski definition) is 0. The minimum absolute atomic E-state index is 0.108. The Bertz CT molecular complexity index is 613. The van der Waals surface area contributed by atoms with Gasteiger partial charge in [0.15, 0.2) is 9.82 Å². The Morgan fingerprint density at radius 1 is 1.32 bits per heavy atom. The van der Waals surface area contributed by atoms with Crippen LogP contribution < -0.4 is 9.41 Å². The molecule has 0 radical (unpaired) electrons. The maximum absolute atomic E-state index is 5.97. The highest BCUT2D eigenvalue weighted by atomic mass is 35.5. The molecule has 0 aliphatic rings. The fourth-order valence-electron chi connectivity index (χ4n) is 1.30. The summed E-state index contributed by atoms with van der Waals surface area (Å²) in [5.41, 5.74) is 0.891. The van der Waals surface area contributed by atoms with Gasteiger partial charge in [-0.1, -0.05) is 44.5 Å². The Hall–Kier alpha value is -0.910. The Morgan fingerprint density at radius 3 is 2.68 bits per heavy atom. The van der Waals surface area contributed by atoms with Crippen LogP contribution in [0.1, 0.15) is 20.8 Å². The lowest BCUT2D eigenvalue weighted by Gasteiger charge is -2.19. The average Bonchev–Trinajstić information content (AvgIpc) is 2.73. The van der Waals surface area contributed by atoms with Crippen molar-refractivity contribution < 1.29 is 4.74 Å². The molecule has 0 saturated carbocycles. The molecule has 2 rings (SSSR count). The van der Waals surface area contributed by atoms with E-state index in [1.807, 2.05) is 24.3 Å². The molecule has 1 aromatic heterocycles. The lowest BCUT2D eigenvalue weighted by molar-refractivity contribution is 0.198. The SMILES string of the molecule is CC(C)(C)COc1ccccc1N=c1ssnc1Cl. The van der Waals surface area contributed by atoms with Crippen molar-refractivity contribution in [1.82, 2.24) is 4.37 Å². The van der Waals surface area contributed by atoms with Crippen LogP contribution in [0.25, 0.3) is 0 Å². The van der Waals surface area contributed by atoms with Crippen molar-refractivity contribution in [3.63, 3.8) is 0 Å². The zero-order valence-electron chi connectivity index (χ0n) is 11.0. The molecule has 0 amide bonds. The molecule has 0 atom stereocenters. The van der Waals surface area contributed by atoms with E-state index in [2.05, 4.69) is 30.1 Å². The number of rotatable bonds is 3. The first-order chi connectivity index (χ1) is 8.96. The molecule has 0 aliphatic heterocycles. The predicted molar refractivity (Wildman–Crippen MR) is 81.6 cm³/mol. The Morgan fingerprint density at radius 2 is 2.05 bits per heavy atom. The molecule has 0 unspecified atom stereocenters. The predicted octanol–water partition coefficient (Wildman–Crippen LogP) is 4.52. The third-order valence-corrected chi connectivity index (χ3v) is 4.33. The van der Waals surface area contributed by atoms with Crippen molar-refractivity contribution in [2.75, 3.05) is 6.61 Å². The Balaban J connectivity index is 2.30. The first-order valence-corrected chi connectivity index (χ1v) is 8.32. The van der Waals surface area contributed by atoms with Crippen molar-refractivity contribution in [1.29, 1.82) is 0 Å². The molecule has 0 saturated heterocycles. The molecule has 0 N–H and O–H groups in total. The van der Waals surface area contributed by atoms with Crippen LogP contribution in [0.3, 0.4) is 0 Å². The van der Waals surface area contributed by atoms with Crippen LogP contribution in [-0.4, -0.2) is 11.0 Å². The molecular weight excluding hydrogens is 300 g/mol. The lowest BCUT2D eigenvalue weighted by atomic mass is 9.99. The third-order valence-electron chi connectivity index (χ3n) is 2.16. The molecule has 0 fully saturated rings. The second-order valence-corrected chi connectivity index (χ2v) is 7.46. The number of ether oxygens (including phenoxy) is 1. The van der Waals surface area contributed by atoms with Crippen molar-refractivity contribution in [3.8, 4) is 5.75 Å². The number of para-hydroxylation sites is 2. The van der Waals surface area contributed by atoms with E-state index in [1.165, 1.54) is 20.9 Å². The smallest absolute Gasteiger partial charge is 0.179 e. The highest BCUT2D eigenvalue weighted by Gasteiger charge is 2.12. The highest BCUT2D eigenvalue weighted by Crippen LogP contribution is 2.28. The second kappa shape index (κ2) is 6.03. The summed E-state index contributed by atoms with van der Waals surface area (Å²) < 4.78 is 10.6. The minimum Gasteiger partial charge on any atom is -0.491 e. The van der Waals surface area contributed by atoms with Gasteiger partial charge in [0.25, 0.3) is 0 Å². The molecule has 1 heterocycles. The van der Waals surface area contributed by atoms with Crippen LogP contribution in [0, 0.1) is 5.41 Å². The second-order valence-electron chi connectivity index (χ2n) is 5.27. The summed E-state index contributed by atoms with van der Waals surface area (Å²) in [6.45, 7) is 7.04. The zero-order valence-corrected chi connectivity index (χ0v) is 13.4. The van der Waals surface area contributed by atoms with Gasteiger partial charge in [-0.2, -0.15) is 4.37 Å². The summed E-state index contributed by atoms with van der Waals surface area (Å²) in [5, 5.41) is 0.445. The summed E-state index contributed by atoms with van der Waals surface area (Å²) >= 11 is 5.97. The lowest BCUT2D eigenvalue weighted by Crippen LogP contribution is -2.16. The quantitative estimate of drug-likeness (QED) is 0.781. The first-order valence-electron chi connectivity index (χ1n) is 5.84. The van der Waals surface area contributed by atoms with Crippen molar-refractivity contribution >= 4 is 38.2 Å². The van der Waals surface area contributed by atoms with Gasteiger partial charge in [-0.05, 0) is 27.9 Å². The van der Waals surface area contributed by atoms with Gasteiger partial charge in [0.1, 0.15) is 11.4 Å².